The molecular formula is C13H15Cl3N2O4. The quantitative estimate of drug-likeness (QED) is 0.762. The van der Waals surface area contributed by atoms with Gasteiger partial charge in [-0.1, -0.05) is 34.8 Å². The van der Waals surface area contributed by atoms with Crippen LogP contribution in [0.2, 0.25) is 0 Å². The number of rotatable bonds is 4. The molecule has 6 nitrogen and oxygen atoms in total. The fourth-order valence-corrected chi connectivity index (χ4v) is 2.37. The molecule has 1 aromatic rings. The third kappa shape index (κ3) is 3.15. The van der Waals surface area contributed by atoms with Crippen LogP contribution in [0.3, 0.4) is 0 Å². The van der Waals surface area contributed by atoms with Crippen LogP contribution in [0.1, 0.15) is 11.7 Å². The molecule has 0 N–H and O–H groups in total. The van der Waals surface area contributed by atoms with Crippen LogP contribution >= 0.6 is 34.8 Å². The Balaban J connectivity index is 2.51. The maximum absolute atomic E-state index is 5.81. The lowest BCUT2D eigenvalue weighted by Crippen LogP contribution is -2.24. The number of aliphatic imine (C=N–C) groups is 1. The minimum Gasteiger partial charge on any atom is -0.493 e. The van der Waals surface area contributed by atoms with Gasteiger partial charge < -0.3 is 19.0 Å². The van der Waals surface area contributed by atoms with Gasteiger partial charge >= 0.3 is 0 Å². The van der Waals surface area contributed by atoms with Crippen molar-refractivity contribution in [1.82, 2.24) is 5.06 Å². The molecule has 0 saturated carbocycles. The van der Waals surface area contributed by atoms with Gasteiger partial charge in [-0.05, 0) is 12.1 Å². The number of nitrogens with zero attached hydrogens (tertiary/aromatic N) is 2. The molecule has 122 valence electrons. The average molecular weight is 370 g/mol. The SMILES string of the molecule is COc1ccc(C2N=C(C(Cl)(Cl)Cl)ON2C)c(OC)c1OC. The van der Waals surface area contributed by atoms with Gasteiger partial charge in [0.15, 0.2) is 17.7 Å². The van der Waals surface area contributed by atoms with E-state index in [0.717, 1.165) is 0 Å². The Morgan fingerprint density at radius 2 is 1.73 bits per heavy atom. The van der Waals surface area contributed by atoms with Gasteiger partial charge in [-0.15, -0.1) is 5.06 Å². The molecule has 0 bridgehead atoms. The molecule has 9 heteroatoms. The van der Waals surface area contributed by atoms with Crippen LogP contribution in [0.4, 0.5) is 0 Å². The molecule has 1 atom stereocenters. The van der Waals surface area contributed by atoms with Crippen molar-refractivity contribution in [2.24, 2.45) is 4.99 Å². The first kappa shape index (κ1) is 17.3. The molecule has 0 aliphatic carbocycles. The van der Waals surface area contributed by atoms with E-state index >= 15 is 0 Å². The molecule has 0 aromatic heterocycles. The summed E-state index contributed by atoms with van der Waals surface area (Å²) in [5.74, 6) is 1.45. The topological polar surface area (TPSA) is 52.5 Å². The van der Waals surface area contributed by atoms with Gasteiger partial charge in [-0.3, -0.25) is 0 Å². The normalized spacial score (nSPS) is 18.7. The van der Waals surface area contributed by atoms with Crippen LogP contribution in [0.15, 0.2) is 17.1 Å². The first-order valence-corrected chi connectivity index (χ1v) is 7.31. The zero-order valence-corrected chi connectivity index (χ0v) is 14.7. The molecule has 0 radical (unpaired) electrons. The van der Waals surface area contributed by atoms with E-state index in [4.69, 9.17) is 53.9 Å². The minimum atomic E-state index is -1.74. The van der Waals surface area contributed by atoms with E-state index in [2.05, 4.69) is 4.99 Å². The third-order valence-electron chi connectivity index (χ3n) is 3.07. The summed E-state index contributed by atoms with van der Waals surface area (Å²) in [6.07, 6.45) is -0.541. The first-order valence-electron chi connectivity index (χ1n) is 6.18. The van der Waals surface area contributed by atoms with Gasteiger partial charge in [0.2, 0.25) is 5.75 Å². The standard InChI is InChI=1S/C13H15Cl3N2O4/c1-18-11(17-12(22-18)13(14,15)16)7-5-6-8(19-2)10(21-4)9(7)20-3/h5-6,11H,1-4H3. The monoisotopic (exact) mass is 368 g/mol. The lowest BCUT2D eigenvalue weighted by Gasteiger charge is -2.21. The highest BCUT2D eigenvalue weighted by atomic mass is 35.6. The van der Waals surface area contributed by atoms with Crippen molar-refractivity contribution in [3.05, 3.63) is 17.7 Å². The summed E-state index contributed by atoms with van der Waals surface area (Å²) in [6, 6.07) is 3.53. The molecular weight excluding hydrogens is 355 g/mol. The highest BCUT2D eigenvalue weighted by Crippen LogP contribution is 2.45. The fourth-order valence-electron chi connectivity index (χ4n) is 2.12. The van der Waals surface area contributed by atoms with Crippen molar-refractivity contribution in [1.29, 1.82) is 0 Å². The summed E-state index contributed by atoms with van der Waals surface area (Å²) in [5, 5.41) is 1.46. The number of hydroxylamine groups is 2. The van der Waals surface area contributed by atoms with Gasteiger partial charge in [0.1, 0.15) is 0 Å². The molecule has 1 heterocycles. The number of alkyl halides is 3. The van der Waals surface area contributed by atoms with Crippen LogP contribution in [0.5, 0.6) is 17.2 Å². The van der Waals surface area contributed by atoms with Crippen molar-refractivity contribution < 1.29 is 19.0 Å². The highest BCUT2D eigenvalue weighted by Gasteiger charge is 2.40. The summed E-state index contributed by atoms with van der Waals surface area (Å²) in [7, 11) is 6.26. The molecule has 0 saturated heterocycles. The van der Waals surface area contributed by atoms with Crippen molar-refractivity contribution in [3.63, 3.8) is 0 Å². The number of halogens is 3. The van der Waals surface area contributed by atoms with E-state index in [1.54, 1.807) is 26.3 Å². The molecule has 1 aromatic carbocycles. The number of ether oxygens (including phenoxy) is 3. The highest BCUT2D eigenvalue weighted by molar-refractivity contribution is 6.76. The maximum Gasteiger partial charge on any atom is 0.268 e. The number of methoxy groups -OCH3 is 3. The summed E-state index contributed by atoms with van der Waals surface area (Å²) in [6.45, 7) is 0. The van der Waals surface area contributed by atoms with E-state index in [1.165, 1.54) is 19.3 Å². The smallest absolute Gasteiger partial charge is 0.268 e. The van der Waals surface area contributed by atoms with Gasteiger partial charge in [0.05, 0.1) is 21.3 Å². The van der Waals surface area contributed by atoms with Crippen LogP contribution in [0, 0.1) is 0 Å². The number of benzene rings is 1. The van der Waals surface area contributed by atoms with Gasteiger partial charge in [0, 0.05) is 12.6 Å². The second-order valence-corrected chi connectivity index (χ2v) is 6.65. The lowest BCUT2D eigenvalue weighted by molar-refractivity contribution is -0.0596. The molecule has 0 spiro atoms. The third-order valence-corrected chi connectivity index (χ3v) is 3.55. The van der Waals surface area contributed by atoms with E-state index in [-0.39, 0.29) is 5.90 Å². The van der Waals surface area contributed by atoms with Crippen LogP contribution in [-0.4, -0.2) is 43.1 Å². The first-order chi connectivity index (χ1) is 10.3. The second kappa shape index (κ2) is 6.58. The zero-order chi connectivity index (χ0) is 16.5. The Hall–Kier alpha value is -1.08. The van der Waals surface area contributed by atoms with Gasteiger partial charge in [0.25, 0.3) is 9.69 Å². The molecule has 22 heavy (non-hydrogen) atoms. The fraction of sp³-hybridized carbons (Fsp3) is 0.462. The lowest BCUT2D eigenvalue weighted by atomic mass is 10.1. The maximum atomic E-state index is 5.81. The number of hydrogen-bond donors (Lipinski definition) is 0. The van der Waals surface area contributed by atoms with Crippen LogP contribution < -0.4 is 14.2 Å². The molecule has 1 aliphatic rings. The van der Waals surface area contributed by atoms with E-state index in [1.807, 2.05) is 0 Å². The summed E-state index contributed by atoms with van der Waals surface area (Å²) < 4.78 is 14.3. The number of hydrogen-bond acceptors (Lipinski definition) is 6. The Kier molecular flexibility index (Phi) is 5.17. The van der Waals surface area contributed by atoms with E-state index < -0.39 is 9.96 Å². The van der Waals surface area contributed by atoms with Gasteiger partial charge in [-0.2, -0.15) is 0 Å². The summed E-state index contributed by atoms with van der Waals surface area (Å²) >= 11 is 17.4. The van der Waals surface area contributed by atoms with Crippen LogP contribution in [-0.2, 0) is 4.84 Å². The van der Waals surface area contributed by atoms with Crippen molar-refractivity contribution in [2.45, 2.75) is 9.96 Å². The predicted octanol–water partition coefficient (Wildman–Crippen LogP) is 3.36. The molecule has 0 amide bonds. The van der Waals surface area contributed by atoms with E-state index in [9.17, 15) is 0 Å². The molecule has 1 unspecified atom stereocenters. The Morgan fingerprint density at radius 3 is 2.18 bits per heavy atom. The summed E-state index contributed by atoms with van der Waals surface area (Å²) in [5.41, 5.74) is 0.687. The Labute approximate surface area is 143 Å². The molecule has 1 aliphatic heterocycles. The van der Waals surface area contributed by atoms with Crippen molar-refractivity contribution >= 4 is 40.7 Å². The Bertz CT molecular complexity index is 589. The van der Waals surface area contributed by atoms with Gasteiger partial charge in [-0.25, -0.2) is 4.99 Å². The Morgan fingerprint density at radius 1 is 1.09 bits per heavy atom. The van der Waals surface area contributed by atoms with Crippen molar-refractivity contribution in [2.75, 3.05) is 28.4 Å². The largest absolute Gasteiger partial charge is 0.493 e. The average Bonchev–Trinajstić information content (AvgIpc) is 2.87. The molecule has 2 rings (SSSR count). The predicted molar refractivity (Wildman–Crippen MR) is 85.4 cm³/mol. The van der Waals surface area contributed by atoms with E-state index in [0.29, 0.717) is 22.8 Å². The minimum absolute atomic E-state index is 0.0122. The zero-order valence-electron chi connectivity index (χ0n) is 12.4. The second-order valence-electron chi connectivity index (χ2n) is 4.37. The summed E-state index contributed by atoms with van der Waals surface area (Å²) in [4.78, 5) is 9.68. The molecule has 0 fully saturated rings. The van der Waals surface area contributed by atoms with Crippen LogP contribution in [0.25, 0.3) is 0 Å². The van der Waals surface area contributed by atoms with Crippen molar-refractivity contribution in [3.8, 4) is 17.2 Å².